The predicted molar refractivity (Wildman–Crippen MR) is 95.0 cm³/mol. The molecule has 2 aromatic rings. The van der Waals surface area contributed by atoms with Gasteiger partial charge in [-0.05, 0) is 37.6 Å². The first-order chi connectivity index (χ1) is 11.5. The van der Waals surface area contributed by atoms with Gasteiger partial charge in [0, 0.05) is 43.9 Å². The van der Waals surface area contributed by atoms with Crippen LogP contribution >= 0.6 is 11.6 Å². The number of carbonyl (C=O) groups is 1. The first kappa shape index (κ1) is 17.0. The summed E-state index contributed by atoms with van der Waals surface area (Å²) in [7, 11) is 0. The number of hydrogen-bond acceptors (Lipinski definition) is 3. The molecule has 1 saturated heterocycles. The Balaban J connectivity index is 1.53. The fourth-order valence-corrected chi connectivity index (χ4v) is 3.26. The minimum Gasteiger partial charge on any atom is -0.338 e. The Morgan fingerprint density at radius 2 is 2.00 bits per heavy atom. The van der Waals surface area contributed by atoms with E-state index >= 15 is 0 Å². The van der Waals surface area contributed by atoms with Gasteiger partial charge in [0.15, 0.2) is 0 Å². The van der Waals surface area contributed by atoms with Gasteiger partial charge in [-0.15, -0.1) is 0 Å². The summed E-state index contributed by atoms with van der Waals surface area (Å²) in [5.74, 6) is 0.139. The molecule has 1 aliphatic rings. The lowest BCUT2D eigenvalue weighted by Crippen LogP contribution is -2.49. The van der Waals surface area contributed by atoms with E-state index in [-0.39, 0.29) is 11.9 Å². The summed E-state index contributed by atoms with van der Waals surface area (Å²) in [6.45, 7) is 7.98. The zero-order valence-electron chi connectivity index (χ0n) is 14.2. The highest BCUT2D eigenvalue weighted by molar-refractivity contribution is 6.30. The monoisotopic (exact) mass is 346 g/mol. The smallest absolute Gasteiger partial charge is 0.247 e. The molecule has 128 valence electrons. The molecule has 24 heavy (non-hydrogen) atoms. The Morgan fingerprint density at radius 3 is 2.62 bits per heavy atom. The maximum atomic E-state index is 12.6. The summed E-state index contributed by atoms with van der Waals surface area (Å²) < 4.78 is 1.75. The molecule has 0 spiro atoms. The lowest BCUT2D eigenvalue weighted by atomic mass is 10.2. The number of amides is 1. The number of carbonyl (C=O) groups excluding carboxylic acids is 1. The molecule has 1 amide bonds. The molecular weight excluding hydrogens is 324 g/mol. The van der Waals surface area contributed by atoms with Crippen molar-refractivity contribution in [2.45, 2.75) is 26.4 Å². The van der Waals surface area contributed by atoms with Crippen molar-refractivity contribution < 1.29 is 4.79 Å². The summed E-state index contributed by atoms with van der Waals surface area (Å²) in [6.07, 6.45) is 1.87. The van der Waals surface area contributed by atoms with Gasteiger partial charge in [-0.3, -0.25) is 14.4 Å². The number of aryl methyl sites for hydroxylation is 1. The van der Waals surface area contributed by atoms with E-state index in [1.807, 2.05) is 49.2 Å². The van der Waals surface area contributed by atoms with Crippen molar-refractivity contribution in [3.05, 3.63) is 52.8 Å². The molecule has 1 aliphatic heterocycles. The summed E-state index contributed by atoms with van der Waals surface area (Å²) in [5.41, 5.74) is 2.14. The number of nitrogens with zero attached hydrogens (tertiary/aromatic N) is 4. The third kappa shape index (κ3) is 3.97. The van der Waals surface area contributed by atoms with Crippen molar-refractivity contribution in [1.82, 2.24) is 19.6 Å². The van der Waals surface area contributed by atoms with E-state index in [2.05, 4.69) is 16.1 Å². The Labute approximate surface area is 147 Å². The quantitative estimate of drug-likeness (QED) is 0.854. The average molecular weight is 347 g/mol. The maximum absolute atomic E-state index is 12.6. The van der Waals surface area contributed by atoms with Gasteiger partial charge in [-0.1, -0.05) is 23.7 Å². The molecule has 0 aliphatic carbocycles. The molecule has 0 saturated carbocycles. The van der Waals surface area contributed by atoms with Crippen LogP contribution in [0.15, 0.2) is 36.5 Å². The molecule has 1 unspecified atom stereocenters. The highest BCUT2D eigenvalue weighted by Crippen LogP contribution is 2.16. The second-order valence-corrected chi connectivity index (χ2v) is 6.78. The Kier molecular flexibility index (Phi) is 5.21. The molecule has 5 nitrogen and oxygen atoms in total. The number of benzene rings is 1. The van der Waals surface area contributed by atoms with Gasteiger partial charge in [0.05, 0.1) is 5.69 Å². The molecule has 0 radical (unpaired) electrons. The van der Waals surface area contributed by atoms with Crippen LogP contribution in [0.2, 0.25) is 5.02 Å². The van der Waals surface area contributed by atoms with Crippen LogP contribution < -0.4 is 0 Å². The van der Waals surface area contributed by atoms with Crippen LogP contribution in [0.3, 0.4) is 0 Å². The SMILES string of the molecule is Cc1ccn(C(C)C(=O)N2CCN(Cc3cccc(Cl)c3)CC2)n1. The molecule has 3 rings (SSSR count). The second-order valence-electron chi connectivity index (χ2n) is 6.34. The fourth-order valence-electron chi connectivity index (χ4n) is 3.05. The van der Waals surface area contributed by atoms with Crippen LogP contribution in [0.25, 0.3) is 0 Å². The highest BCUT2D eigenvalue weighted by Gasteiger charge is 2.26. The Morgan fingerprint density at radius 1 is 1.25 bits per heavy atom. The van der Waals surface area contributed by atoms with E-state index in [0.717, 1.165) is 43.4 Å². The molecule has 1 atom stereocenters. The molecule has 1 aromatic carbocycles. The van der Waals surface area contributed by atoms with Crippen LogP contribution in [0, 0.1) is 6.92 Å². The molecule has 1 aromatic heterocycles. The van der Waals surface area contributed by atoms with E-state index in [1.165, 1.54) is 5.56 Å². The van der Waals surface area contributed by atoms with Crippen LogP contribution in [0.1, 0.15) is 24.2 Å². The third-order valence-electron chi connectivity index (χ3n) is 4.48. The van der Waals surface area contributed by atoms with Gasteiger partial charge in [-0.25, -0.2) is 0 Å². The van der Waals surface area contributed by atoms with Crippen molar-refractivity contribution in [3.63, 3.8) is 0 Å². The lowest BCUT2D eigenvalue weighted by molar-refractivity contribution is -0.136. The minimum atomic E-state index is -0.252. The van der Waals surface area contributed by atoms with Crippen LogP contribution in [-0.2, 0) is 11.3 Å². The fraction of sp³-hybridized carbons (Fsp3) is 0.444. The van der Waals surface area contributed by atoms with Crippen molar-refractivity contribution in [2.75, 3.05) is 26.2 Å². The number of aromatic nitrogens is 2. The lowest BCUT2D eigenvalue weighted by Gasteiger charge is -2.36. The molecule has 6 heteroatoms. The third-order valence-corrected chi connectivity index (χ3v) is 4.71. The van der Waals surface area contributed by atoms with Crippen molar-refractivity contribution in [3.8, 4) is 0 Å². The first-order valence-corrected chi connectivity index (χ1v) is 8.68. The molecular formula is C18H23ClN4O. The Bertz CT molecular complexity index is 707. The minimum absolute atomic E-state index is 0.139. The number of rotatable bonds is 4. The summed E-state index contributed by atoms with van der Waals surface area (Å²) in [4.78, 5) is 16.9. The van der Waals surface area contributed by atoms with Crippen molar-refractivity contribution in [1.29, 1.82) is 0 Å². The second kappa shape index (κ2) is 7.36. The summed E-state index contributed by atoms with van der Waals surface area (Å²) >= 11 is 6.04. The summed E-state index contributed by atoms with van der Waals surface area (Å²) in [6, 6.07) is 9.63. The van der Waals surface area contributed by atoms with Crippen LogP contribution in [0.5, 0.6) is 0 Å². The molecule has 2 heterocycles. The number of halogens is 1. The maximum Gasteiger partial charge on any atom is 0.247 e. The molecule has 1 fully saturated rings. The normalized spacial score (nSPS) is 17.0. The van der Waals surface area contributed by atoms with Gasteiger partial charge in [-0.2, -0.15) is 5.10 Å². The topological polar surface area (TPSA) is 41.4 Å². The van der Waals surface area contributed by atoms with E-state index in [1.54, 1.807) is 4.68 Å². The van der Waals surface area contributed by atoms with Crippen LogP contribution in [0.4, 0.5) is 0 Å². The zero-order valence-corrected chi connectivity index (χ0v) is 14.9. The zero-order chi connectivity index (χ0) is 17.1. The number of hydrogen-bond donors (Lipinski definition) is 0. The van der Waals surface area contributed by atoms with Gasteiger partial charge < -0.3 is 4.90 Å². The van der Waals surface area contributed by atoms with Gasteiger partial charge in [0.2, 0.25) is 5.91 Å². The largest absolute Gasteiger partial charge is 0.338 e. The van der Waals surface area contributed by atoms with Crippen LogP contribution in [-0.4, -0.2) is 51.7 Å². The first-order valence-electron chi connectivity index (χ1n) is 8.30. The molecule has 0 bridgehead atoms. The van der Waals surface area contributed by atoms with E-state index in [4.69, 9.17) is 11.6 Å². The average Bonchev–Trinajstić information content (AvgIpc) is 3.01. The van der Waals surface area contributed by atoms with E-state index in [0.29, 0.717) is 0 Å². The predicted octanol–water partition coefficient (Wildman–Crippen LogP) is 2.75. The van der Waals surface area contributed by atoms with Gasteiger partial charge >= 0.3 is 0 Å². The van der Waals surface area contributed by atoms with Gasteiger partial charge in [0.25, 0.3) is 0 Å². The van der Waals surface area contributed by atoms with Crippen molar-refractivity contribution in [2.24, 2.45) is 0 Å². The highest BCUT2D eigenvalue weighted by atomic mass is 35.5. The van der Waals surface area contributed by atoms with Crippen molar-refractivity contribution >= 4 is 17.5 Å². The van der Waals surface area contributed by atoms with E-state index in [9.17, 15) is 4.79 Å². The molecule has 0 N–H and O–H groups in total. The summed E-state index contributed by atoms with van der Waals surface area (Å²) in [5, 5.41) is 5.12. The van der Waals surface area contributed by atoms with E-state index < -0.39 is 0 Å². The standard InChI is InChI=1S/C18H23ClN4O/c1-14-6-7-23(20-14)15(2)18(24)22-10-8-21(9-11-22)13-16-4-3-5-17(19)12-16/h3-7,12,15H,8-11,13H2,1-2H3. The number of piperazine rings is 1. The van der Waals surface area contributed by atoms with Gasteiger partial charge in [0.1, 0.15) is 6.04 Å². The Hall–Kier alpha value is -1.85.